The van der Waals surface area contributed by atoms with Crippen LogP contribution in [0.25, 0.3) is 11.3 Å². The number of fused-ring (bicyclic) bond motifs is 3. The van der Waals surface area contributed by atoms with Gasteiger partial charge in [0.15, 0.2) is 15.5 Å². The van der Waals surface area contributed by atoms with Gasteiger partial charge in [-0.1, -0.05) is 18.2 Å². The molecule has 1 aromatic carbocycles. The molecule has 3 aliphatic heterocycles. The van der Waals surface area contributed by atoms with Crippen LogP contribution in [0.5, 0.6) is 0 Å². The summed E-state index contributed by atoms with van der Waals surface area (Å²) in [6, 6.07) is 9.04. The van der Waals surface area contributed by atoms with Gasteiger partial charge in [-0.2, -0.15) is 10.2 Å². The highest BCUT2D eigenvalue weighted by molar-refractivity contribution is 7.90. The van der Waals surface area contributed by atoms with Crippen molar-refractivity contribution in [3.63, 3.8) is 0 Å². The first kappa shape index (κ1) is 22.4. The fourth-order valence-electron chi connectivity index (χ4n) is 5.34. The molecule has 0 bridgehead atoms. The van der Waals surface area contributed by atoms with Gasteiger partial charge >= 0.3 is 0 Å². The van der Waals surface area contributed by atoms with Crippen molar-refractivity contribution in [3.05, 3.63) is 54.0 Å². The number of sulfone groups is 1. The van der Waals surface area contributed by atoms with E-state index in [1.807, 2.05) is 33.8 Å². The molecule has 10 nitrogen and oxygen atoms in total. The average molecular weight is 497 g/mol. The van der Waals surface area contributed by atoms with E-state index in [0.717, 1.165) is 38.3 Å². The van der Waals surface area contributed by atoms with Crippen molar-refractivity contribution in [3.8, 4) is 11.3 Å². The van der Waals surface area contributed by atoms with Gasteiger partial charge in [-0.3, -0.25) is 19.1 Å². The Hall–Kier alpha value is -3.02. The van der Waals surface area contributed by atoms with Gasteiger partial charge in [0.2, 0.25) is 0 Å². The second-order valence-electron chi connectivity index (χ2n) is 9.29. The maximum atomic E-state index is 13.5. The number of hydrogen-bond donors (Lipinski definition) is 0. The quantitative estimate of drug-likeness (QED) is 0.527. The highest BCUT2D eigenvalue weighted by atomic mass is 32.2. The number of hydrogen-bond acceptors (Lipinski definition) is 7. The molecule has 3 aromatic rings. The normalized spacial score (nSPS) is 21.6. The average Bonchev–Trinajstić information content (AvgIpc) is 3.63. The molecule has 184 valence electrons. The van der Waals surface area contributed by atoms with E-state index >= 15 is 0 Å². The van der Waals surface area contributed by atoms with Crippen LogP contribution >= 0.6 is 0 Å². The van der Waals surface area contributed by atoms with Gasteiger partial charge < -0.3 is 9.64 Å². The Morgan fingerprint density at radius 2 is 1.91 bits per heavy atom. The minimum atomic E-state index is -3.57. The molecule has 1 unspecified atom stereocenters. The van der Waals surface area contributed by atoms with Gasteiger partial charge in [-0.15, -0.1) is 0 Å². The minimum Gasteiger partial charge on any atom is -0.378 e. The molecule has 0 saturated carbocycles. The predicted octanol–water partition coefficient (Wildman–Crippen LogP) is 1.45. The molecular formula is C24H28N6O4S. The molecule has 6 rings (SSSR count). The third-order valence-electron chi connectivity index (χ3n) is 7.12. The Balaban J connectivity index is 1.37. The lowest BCUT2D eigenvalue weighted by Gasteiger charge is -2.26. The molecule has 1 atom stereocenters. The summed E-state index contributed by atoms with van der Waals surface area (Å²) >= 11 is 0. The third kappa shape index (κ3) is 4.07. The van der Waals surface area contributed by atoms with Crippen LogP contribution in [0.1, 0.15) is 28.5 Å². The Kier molecular flexibility index (Phi) is 5.70. The molecule has 35 heavy (non-hydrogen) atoms. The topological polar surface area (TPSA) is 103 Å². The van der Waals surface area contributed by atoms with E-state index in [4.69, 9.17) is 9.84 Å². The summed E-state index contributed by atoms with van der Waals surface area (Å²) in [5.74, 6) is -0.424. The van der Waals surface area contributed by atoms with E-state index in [-0.39, 0.29) is 23.4 Å². The van der Waals surface area contributed by atoms with Gasteiger partial charge in [0.1, 0.15) is 0 Å². The zero-order valence-electron chi connectivity index (χ0n) is 19.4. The maximum absolute atomic E-state index is 13.5. The Morgan fingerprint density at radius 1 is 1.09 bits per heavy atom. The van der Waals surface area contributed by atoms with E-state index in [1.54, 1.807) is 23.2 Å². The number of amides is 1. The summed E-state index contributed by atoms with van der Waals surface area (Å²) in [5, 5.41) is 9.12. The lowest BCUT2D eigenvalue weighted by molar-refractivity contribution is 0.0297. The number of carbonyl (C=O) groups is 1. The van der Waals surface area contributed by atoms with Crippen LogP contribution in [0, 0.1) is 0 Å². The molecule has 2 aromatic heterocycles. The van der Waals surface area contributed by atoms with Gasteiger partial charge in [-0.25, -0.2) is 8.42 Å². The minimum absolute atomic E-state index is 0.0569. The molecule has 5 heterocycles. The van der Waals surface area contributed by atoms with Crippen LogP contribution < -0.4 is 0 Å². The van der Waals surface area contributed by atoms with E-state index in [1.165, 1.54) is 0 Å². The summed E-state index contributed by atoms with van der Waals surface area (Å²) in [4.78, 5) is 17.9. The van der Waals surface area contributed by atoms with Crippen molar-refractivity contribution < 1.29 is 17.9 Å². The number of morpholine rings is 1. The molecule has 0 N–H and O–H groups in total. The summed E-state index contributed by atoms with van der Waals surface area (Å²) in [6.07, 6.45) is 4.62. The van der Waals surface area contributed by atoms with Gasteiger partial charge in [0.05, 0.1) is 42.1 Å². The van der Waals surface area contributed by atoms with Crippen molar-refractivity contribution in [1.29, 1.82) is 0 Å². The molecule has 3 aliphatic rings. The van der Waals surface area contributed by atoms with Crippen molar-refractivity contribution in [2.75, 3.05) is 45.9 Å². The predicted molar refractivity (Wildman–Crippen MR) is 128 cm³/mol. The lowest BCUT2D eigenvalue weighted by Crippen LogP contribution is -2.41. The highest BCUT2D eigenvalue weighted by Gasteiger charge is 2.39. The zero-order valence-corrected chi connectivity index (χ0v) is 20.2. The van der Waals surface area contributed by atoms with Crippen LogP contribution in [-0.2, 0) is 26.9 Å². The molecule has 0 radical (unpaired) electrons. The number of rotatable bonds is 5. The van der Waals surface area contributed by atoms with Crippen LogP contribution in [0.4, 0.5) is 0 Å². The number of aromatic nitrogens is 4. The number of ether oxygens (including phenoxy) is 1. The fraction of sp³-hybridized carbons (Fsp3) is 0.458. The van der Waals surface area contributed by atoms with E-state index in [2.05, 4.69) is 10.00 Å². The monoisotopic (exact) mass is 496 g/mol. The smallest absolute Gasteiger partial charge is 0.274 e. The third-order valence-corrected chi connectivity index (χ3v) is 8.81. The van der Waals surface area contributed by atoms with Gasteiger partial charge in [0, 0.05) is 56.2 Å². The number of benzene rings is 1. The molecule has 0 aliphatic carbocycles. The van der Waals surface area contributed by atoms with Crippen molar-refractivity contribution in [2.45, 2.75) is 29.7 Å². The second-order valence-corrected chi connectivity index (χ2v) is 11.3. The summed E-state index contributed by atoms with van der Waals surface area (Å²) in [7, 11) is -3.57. The Bertz CT molecular complexity index is 1340. The van der Waals surface area contributed by atoms with Crippen LogP contribution in [0.15, 0.2) is 47.6 Å². The Labute approximate surface area is 204 Å². The number of carbonyl (C=O) groups excluding carboxylic acids is 1. The largest absolute Gasteiger partial charge is 0.378 e. The van der Waals surface area contributed by atoms with Crippen LogP contribution in [0.2, 0.25) is 0 Å². The molecular weight excluding hydrogens is 468 g/mol. The first-order valence-corrected chi connectivity index (χ1v) is 13.7. The lowest BCUT2D eigenvalue weighted by atomic mass is 10.0. The molecule has 2 saturated heterocycles. The highest BCUT2D eigenvalue weighted by Crippen LogP contribution is 2.42. The molecule has 1 amide bonds. The van der Waals surface area contributed by atoms with E-state index < -0.39 is 9.84 Å². The van der Waals surface area contributed by atoms with Gasteiger partial charge in [-0.05, 0) is 18.6 Å². The molecule has 0 spiro atoms. The number of likely N-dealkylation sites (tertiary alicyclic amines) is 1. The molecule has 11 heteroatoms. The maximum Gasteiger partial charge on any atom is 0.274 e. The summed E-state index contributed by atoms with van der Waals surface area (Å²) in [5.41, 5.74) is 2.19. The van der Waals surface area contributed by atoms with E-state index in [9.17, 15) is 13.2 Å². The van der Waals surface area contributed by atoms with Crippen molar-refractivity contribution >= 4 is 15.7 Å². The number of nitrogens with zero attached hydrogens (tertiary/aromatic N) is 6. The van der Waals surface area contributed by atoms with Gasteiger partial charge in [0.25, 0.3) is 5.91 Å². The fourth-order valence-corrected chi connectivity index (χ4v) is 6.93. The molecule has 2 fully saturated rings. The zero-order chi connectivity index (χ0) is 24.0. The van der Waals surface area contributed by atoms with Crippen LogP contribution in [0.3, 0.4) is 0 Å². The van der Waals surface area contributed by atoms with E-state index in [0.29, 0.717) is 42.3 Å². The SMILES string of the molecule is O=C(c1nn(C2CCN(CCn3cccn3)C2)c2c1CS(=O)(=O)c1ccccc1-2)N1CCOCC1. The Morgan fingerprint density at radius 3 is 2.71 bits per heavy atom. The first-order valence-electron chi connectivity index (χ1n) is 12.0. The van der Waals surface area contributed by atoms with Crippen LogP contribution in [-0.4, -0.2) is 89.6 Å². The summed E-state index contributed by atoms with van der Waals surface area (Å²) < 4.78 is 35.6. The summed E-state index contributed by atoms with van der Waals surface area (Å²) in [6.45, 7) is 5.28. The second kappa shape index (κ2) is 8.89. The standard InChI is InChI=1S/C24H28N6O4S/c31-24(28-12-14-34-15-13-28)22-20-17-35(32,33)21-5-2-1-4-19(21)23(20)30(26-22)18-6-9-27(16-18)10-11-29-8-3-7-25-29/h1-5,7-8,18H,6,9-17H2. The van der Waals surface area contributed by atoms with Crippen molar-refractivity contribution in [1.82, 2.24) is 29.4 Å². The first-order chi connectivity index (χ1) is 17.0. The van der Waals surface area contributed by atoms with Crippen molar-refractivity contribution in [2.24, 2.45) is 0 Å².